The SMILES string of the molecule is COCCCNC(=O)N1Cc2c[nH]c3c(=O)n(C)cc(c23)-c2cc(CS(C)(=O)=O)ccc21. The minimum atomic E-state index is -3.24. The molecule has 0 atom stereocenters. The molecule has 1 aliphatic rings. The molecule has 0 aliphatic carbocycles. The third-order valence-electron chi connectivity index (χ3n) is 5.53. The molecule has 0 saturated carbocycles. The summed E-state index contributed by atoms with van der Waals surface area (Å²) < 4.78 is 30.3. The van der Waals surface area contributed by atoms with Crippen LogP contribution in [-0.2, 0) is 33.9 Å². The maximum atomic E-state index is 13.1. The fourth-order valence-electron chi connectivity index (χ4n) is 4.13. The number of amides is 2. The monoisotopic (exact) mass is 458 g/mol. The topological polar surface area (TPSA) is 114 Å². The van der Waals surface area contributed by atoms with Crippen molar-refractivity contribution in [1.29, 1.82) is 0 Å². The second kappa shape index (κ2) is 8.44. The average Bonchev–Trinajstić information content (AvgIpc) is 3.09. The van der Waals surface area contributed by atoms with Gasteiger partial charge in [0, 0.05) is 62.5 Å². The molecule has 0 unspecified atom stereocenters. The maximum absolute atomic E-state index is 13.1. The summed E-state index contributed by atoms with van der Waals surface area (Å²) in [5.41, 5.74) is 3.87. The van der Waals surface area contributed by atoms with Crippen molar-refractivity contribution >= 4 is 32.5 Å². The van der Waals surface area contributed by atoms with E-state index in [1.54, 1.807) is 49.7 Å². The molecule has 2 N–H and O–H groups in total. The number of aromatic nitrogens is 2. The number of hydrogen-bond acceptors (Lipinski definition) is 5. The lowest BCUT2D eigenvalue weighted by atomic mass is 9.99. The number of nitrogens with zero attached hydrogens (tertiary/aromatic N) is 2. The number of aromatic amines is 1. The number of methoxy groups -OCH3 is 1. The van der Waals surface area contributed by atoms with E-state index in [-0.39, 0.29) is 23.9 Å². The lowest BCUT2D eigenvalue weighted by Gasteiger charge is -2.24. The number of ether oxygens (including phenoxy) is 1. The molecule has 2 aromatic heterocycles. The van der Waals surface area contributed by atoms with Gasteiger partial charge in [-0.25, -0.2) is 13.2 Å². The Morgan fingerprint density at radius 1 is 1.28 bits per heavy atom. The first-order valence-electron chi connectivity index (χ1n) is 10.2. The number of carbonyl (C=O) groups is 1. The summed E-state index contributed by atoms with van der Waals surface area (Å²) in [6.07, 6.45) is 5.36. The molecule has 1 aromatic carbocycles. The lowest BCUT2D eigenvalue weighted by Crippen LogP contribution is -2.40. The molecule has 2 amide bonds. The van der Waals surface area contributed by atoms with Crippen LogP contribution in [0.1, 0.15) is 17.5 Å². The van der Waals surface area contributed by atoms with Crippen LogP contribution in [0.3, 0.4) is 0 Å². The Kier molecular flexibility index (Phi) is 5.83. The van der Waals surface area contributed by atoms with E-state index in [1.165, 1.54) is 10.8 Å². The molecule has 0 saturated heterocycles. The van der Waals surface area contributed by atoms with Crippen molar-refractivity contribution in [3.05, 3.63) is 52.1 Å². The van der Waals surface area contributed by atoms with E-state index in [1.807, 2.05) is 0 Å². The van der Waals surface area contributed by atoms with Gasteiger partial charge < -0.3 is 19.6 Å². The number of carbonyl (C=O) groups excluding carboxylic acids is 1. The molecule has 0 radical (unpaired) electrons. The average molecular weight is 459 g/mol. The number of nitrogens with one attached hydrogen (secondary N) is 2. The van der Waals surface area contributed by atoms with Crippen LogP contribution in [0.25, 0.3) is 22.0 Å². The molecule has 3 aromatic rings. The van der Waals surface area contributed by atoms with Crippen LogP contribution >= 0.6 is 0 Å². The first-order valence-corrected chi connectivity index (χ1v) is 12.3. The standard InChI is InChI=1S/C22H26N4O5S/c1-25-12-17-16-9-14(13-32(3,29)30)5-6-18(16)26(22(28)23-7-4-8-31-2)11-15-10-24-20(19(15)17)21(25)27/h5-6,9-10,12,24H,4,7-8,11,13H2,1-3H3,(H,23,28). The predicted molar refractivity (Wildman–Crippen MR) is 124 cm³/mol. The van der Waals surface area contributed by atoms with E-state index in [9.17, 15) is 18.0 Å². The summed E-state index contributed by atoms with van der Waals surface area (Å²) in [7, 11) is 0.0386. The first kappa shape index (κ1) is 22.1. The second-order valence-electron chi connectivity index (χ2n) is 8.11. The van der Waals surface area contributed by atoms with Crippen molar-refractivity contribution in [3.63, 3.8) is 0 Å². The van der Waals surface area contributed by atoms with Crippen LogP contribution in [0.4, 0.5) is 10.5 Å². The largest absolute Gasteiger partial charge is 0.385 e. The van der Waals surface area contributed by atoms with Crippen LogP contribution in [0.15, 0.2) is 35.4 Å². The molecule has 1 aliphatic heterocycles. The van der Waals surface area contributed by atoms with Crippen molar-refractivity contribution in [2.75, 3.05) is 31.4 Å². The third kappa shape index (κ3) is 4.15. The smallest absolute Gasteiger partial charge is 0.322 e. The van der Waals surface area contributed by atoms with E-state index in [0.717, 1.165) is 16.5 Å². The molecular weight excluding hydrogens is 432 g/mol. The zero-order valence-electron chi connectivity index (χ0n) is 18.3. The van der Waals surface area contributed by atoms with Crippen molar-refractivity contribution in [2.45, 2.75) is 18.7 Å². The predicted octanol–water partition coefficient (Wildman–Crippen LogP) is 2.14. The number of benzene rings is 1. The molecule has 0 bridgehead atoms. The third-order valence-corrected chi connectivity index (χ3v) is 6.39. The molecule has 0 fully saturated rings. The summed E-state index contributed by atoms with van der Waals surface area (Å²) in [6.45, 7) is 1.27. The van der Waals surface area contributed by atoms with Gasteiger partial charge in [0.05, 0.1) is 18.0 Å². The summed E-state index contributed by atoms with van der Waals surface area (Å²) in [5.74, 6) is -0.113. The number of H-pyrrole nitrogens is 1. The maximum Gasteiger partial charge on any atom is 0.322 e. The minimum Gasteiger partial charge on any atom is -0.385 e. The minimum absolute atomic E-state index is 0.113. The number of pyridine rings is 1. The summed E-state index contributed by atoms with van der Waals surface area (Å²) in [5, 5.41) is 3.67. The number of aryl methyl sites for hydroxylation is 1. The summed E-state index contributed by atoms with van der Waals surface area (Å²) >= 11 is 0. The van der Waals surface area contributed by atoms with Gasteiger partial charge in [0.25, 0.3) is 5.56 Å². The number of sulfone groups is 1. The Morgan fingerprint density at radius 2 is 2.06 bits per heavy atom. The zero-order valence-corrected chi connectivity index (χ0v) is 19.1. The highest BCUT2D eigenvalue weighted by atomic mass is 32.2. The highest BCUT2D eigenvalue weighted by Crippen LogP contribution is 2.41. The van der Waals surface area contributed by atoms with Crippen LogP contribution in [-0.4, -0.2) is 50.5 Å². The van der Waals surface area contributed by atoms with E-state index in [0.29, 0.717) is 41.9 Å². The Hall–Kier alpha value is -3.11. The Balaban J connectivity index is 1.87. The first-order chi connectivity index (χ1) is 15.2. The van der Waals surface area contributed by atoms with Crippen LogP contribution in [0.2, 0.25) is 0 Å². The van der Waals surface area contributed by atoms with Crippen molar-refractivity contribution in [2.24, 2.45) is 7.05 Å². The van der Waals surface area contributed by atoms with Crippen LogP contribution < -0.4 is 15.8 Å². The van der Waals surface area contributed by atoms with Gasteiger partial charge in [0.1, 0.15) is 5.52 Å². The Bertz CT molecular complexity index is 1360. The van der Waals surface area contributed by atoms with Gasteiger partial charge in [-0.15, -0.1) is 0 Å². The number of hydrogen-bond donors (Lipinski definition) is 2. The molecule has 0 spiro atoms. The highest BCUT2D eigenvalue weighted by Gasteiger charge is 2.28. The van der Waals surface area contributed by atoms with Gasteiger partial charge in [0.2, 0.25) is 0 Å². The highest BCUT2D eigenvalue weighted by molar-refractivity contribution is 7.89. The molecule has 10 heteroatoms. The van der Waals surface area contributed by atoms with Gasteiger partial charge in [-0.05, 0) is 29.7 Å². The van der Waals surface area contributed by atoms with E-state index in [4.69, 9.17) is 4.74 Å². The fourth-order valence-corrected chi connectivity index (χ4v) is 4.92. The summed E-state index contributed by atoms with van der Waals surface area (Å²) in [6, 6.07) is 5.03. The molecule has 170 valence electrons. The molecular formula is C22H26N4O5S. The van der Waals surface area contributed by atoms with Gasteiger partial charge in [0.15, 0.2) is 9.84 Å². The number of rotatable bonds is 6. The number of fused-ring (bicyclic) bond motifs is 2. The number of urea groups is 1. The summed E-state index contributed by atoms with van der Waals surface area (Å²) in [4.78, 5) is 30.5. The Labute approximate surface area is 185 Å². The van der Waals surface area contributed by atoms with Crippen LogP contribution in [0.5, 0.6) is 0 Å². The zero-order chi connectivity index (χ0) is 23.0. The van der Waals surface area contributed by atoms with Gasteiger partial charge in [-0.2, -0.15) is 0 Å². The van der Waals surface area contributed by atoms with Gasteiger partial charge in [-0.3, -0.25) is 9.69 Å². The van der Waals surface area contributed by atoms with Crippen molar-refractivity contribution in [3.8, 4) is 11.1 Å². The van der Waals surface area contributed by atoms with Gasteiger partial charge in [-0.1, -0.05) is 6.07 Å². The van der Waals surface area contributed by atoms with Crippen molar-refractivity contribution in [1.82, 2.24) is 14.9 Å². The second-order valence-corrected chi connectivity index (χ2v) is 10.2. The fraction of sp³-hybridized carbons (Fsp3) is 0.364. The molecule has 32 heavy (non-hydrogen) atoms. The van der Waals surface area contributed by atoms with E-state index < -0.39 is 9.84 Å². The lowest BCUT2D eigenvalue weighted by molar-refractivity contribution is 0.194. The number of anilines is 1. The van der Waals surface area contributed by atoms with Crippen LogP contribution in [0, 0.1) is 0 Å². The van der Waals surface area contributed by atoms with Gasteiger partial charge >= 0.3 is 6.03 Å². The van der Waals surface area contributed by atoms with E-state index >= 15 is 0 Å². The van der Waals surface area contributed by atoms with E-state index in [2.05, 4.69) is 10.3 Å². The normalized spacial score (nSPS) is 13.2. The quantitative estimate of drug-likeness (QED) is 0.550. The molecule has 4 rings (SSSR count). The molecule has 3 heterocycles. The Morgan fingerprint density at radius 3 is 2.78 bits per heavy atom. The van der Waals surface area contributed by atoms with Crippen molar-refractivity contribution < 1.29 is 17.9 Å². The molecule has 9 nitrogen and oxygen atoms in total.